The third kappa shape index (κ3) is 1.96. The van der Waals surface area contributed by atoms with Crippen LogP contribution in [-0.4, -0.2) is 5.88 Å². The Bertz CT molecular complexity index is 344. The fourth-order valence-corrected chi connectivity index (χ4v) is 2.60. The first-order chi connectivity index (χ1) is 7.21. The number of benzene rings is 1. The quantitative estimate of drug-likeness (QED) is 0.527. The van der Waals surface area contributed by atoms with Crippen molar-refractivity contribution in [3.05, 3.63) is 48.6 Å². The number of allylic oxidation sites excluding steroid dienone is 1. The van der Waals surface area contributed by atoms with Crippen molar-refractivity contribution in [3.63, 3.8) is 0 Å². The number of alkyl halides is 1. The number of rotatable bonds is 4. The molecule has 0 heterocycles. The Morgan fingerprint density at radius 2 is 2.13 bits per heavy atom. The van der Waals surface area contributed by atoms with Gasteiger partial charge in [-0.25, -0.2) is 0 Å². The highest BCUT2D eigenvalue weighted by molar-refractivity contribution is 6.18. The fraction of sp³-hybridized carbons (Fsp3) is 0.429. The first-order valence-electron chi connectivity index (χ1n) is 5.46. The standard InChI is InChI=1S/C14H17Cl/c1-3-14(2,10-15)13-9-12(13)11-7-5-4-6-8-11/h3-8,12-13H,1,9-10H2,2H3. The Labute approximate surface area is 97.0 Å². The summed E-state index contributed by atoms with van der Waals surface area (Å²) in [6.07, 6.45) is 3.27. The van der Waals surface area contributed by atoms with Gasteiger partial charge in [-0.1, -0.05) is 43.3 Å². The van der Waals surface area contributed by atoms with Gasteiger partial charge in [0.25, 0.3) is 0 Å². The molecule has 0 amide bonds. The Morgan fingerprint density at radius 1 is 1.47 bits per heavy atom. The topological polar surface area (TPSA) is 0 Å². The molecule has 1 fully saturated rings. The number of halogens is 1. The van der Waals surface area contributed by atoms with Crippen molar-refractivity contribution in [2.45, 2.75) is 19.3 Å². The van der Waals surface area contributed by atoms with Crippen LogP contribution in [0.25, 0.3) is 0 Å². The molecule has 0 N–H and O–H groups in total. The molecule has 1 aliphatic carbocycles. The van der Waals surface area contributed by atoms with E-state index in [1.54, 1.807) is 0 Å². The molecule has 3 unspecified atom stereocenters. The minimum atomic E-state index is 0.0993. The second-order valence-electron chi connectivity index (χ2n) is 4.70. The van der Waals surface area contributed by atoms with Gasteiger partial charge in [0.2, 0.25) is 0 Å². The summed E-state index contributed by atoms with van der Waals surface area (Å²) in [5.74, 6) is 2.03. The molecule has 1 saturated carbocycles. The SMILES string of the molecule is C=CC(C)(CCl)C1CC1c1ccccc1. The van der Waals surface area contributed by atoms with Crippen LogP contribution >= 0.6 is 11.6 Å². The molecular weight excluding hydrogens is 204 g/mol. The van der Waals surface area contributed by atoms with Gasteiger partial charge < -0.3 is 0 Å². The van der Waals surface area contributed by atoms with E-state index in [1.807, 2.05) is 6.08 Å². The number of hydrogen-bond donors (Lipinski definition) is 0. The van der Waals surface area contributed by atoms with Crippen molar-refractivity contribution in [2.75, 3.05) is 5.88 Å². The third-order valence-electron chi connectivity index (χ3n) is 3.62. The molecule has 1 aromatic carbocycles. The molecule has 2 rings (SSSR count). The van der Waals surface area contributed by atoms with Crippen LogP contribution in [0.3, 0.4) is 0 Å². The van der Waals surface area contributed by atoms with Crippen LogP contribution in [0.15, 0.2) is 43.0 Å². The largest absolute Gasteiger partial charge is 0.126 e. The van der Waals surface area contributed by atoms with Crippen LogP contribution in [0.1, 0.15) is 24.8 Å². The smallest absolute Gasteiger partial charge is 0.0314 e. The van der Waals surface area contributed by atoms with Gasteiger partial charge in [-0.15, -0.1) is 18.2 Å². The number of hydrogen-bond acceptors (Lipinski definition) is 0. The van der Waals surface area contributed by atoms with Crippen LogP contribution in [0, 0.1) is 11.3 Å². The van der Waals surface area contributed by atoms with E-state index >= 15 is 0 Å². The van der Waals surface area contributed by atoms with E-state index in [0.29, 0.717) is 17.7 Å². The zero-order valence-corrected chi connectivity index (χ0v) is 9.87. The summed E-state index contributed by atoms with van der Waals surface area (Å²) >= 11 is 6.03. The maximum atomic E-state index is 6.03. The molecule has 80 valence electrons. The van der Waals surface area contributed by atoms with Gasteiger partial charge in [0.15, 0.2) is 0 Å². The lowest BCUT2D eigenvalue weighted by Gasteiger charge is -2.23. The van der Waals surface area contributed by atoms with Crippen molar-refractivity contribution >= 4 is 11.6 Å². The fourth-order valence-electron chi connectivity index (χ4n) is 2.30. The minimum absolute atomic E-state index is 0.0993. The zero-order valence-electron chi connectivity index (χ0n) is 9.12. The molecule has 15 heavy (non-hydrogen) atoms. The Kier molecular flexibility index (Phi) is 2.88. The third-order valence-corrected chi connectivity index (χ3v) is 4.20. The molecule has 1 heteroatoms. The lowest BCUT2D eigenvalue weighted by atomic mass is 9.85. The Morgan fingerprint density at radius 3 is 2.67 bits per heavy atom. The lowest BCUT2D eigenvalue weighted by Crippen LogP contribution is -2.18. The molecule has 0 aliphatic heterocycles. The van der Waals surface area contributed by atoms with E-state index in [1.165, 1.54) is 12.0 Å². The van der Waals surface area contributed by atoms with Crippen molar-refractivity contribution in [3.8, 4) is 0 Å². The van der Waals surface area contributed by atoms with Crippen LogP contribution in [0.5, 0.6) is 0 Å². The van der Waals surface area contributed by atoms with Crippen molar-refractivity contribution < 1.29 is 0 Å². The lowest BCUT2D eigenvalue weighted by molar-refractivity contribution is 0.409. The van der Waals surface area contributed by atoms with Crippen LogP contribution in [-0.2, 0) is 0 Å². The molecule has 1 aliphatic rings. The van der Waals surface area contributed by atoms with Gasteiger partial charge in [-0.3, -0.25) is 0 Å². The van der Waals surface area contributed by atoms with Crippen molar-refractivity contribution in [1.82, 2.24) is 0 Å². The van der Waals surface area contributed by atoms with Gasteiger partial charge in [0.05, 0.1) is 0 Å². The van der Waals surface area contributed by atoms with Gasteiger partial charge in [-0.2, -0.15) is 0 Å². The van der Waals surface area contributed by atoms with E-state index < -0.39 is 0 Å². The highest BCUT2D eigenvalue weighted by atomic mass is 35.5. The monoisotopic (exact) mass is 220 g/mol. The molecule has 0 bridgehead atoms. The second kappa shape index (κ2) is 4.02. The molecule has 0 nitrogen and oxygen atoms in total. The molecule has 0 spiro atoms. The molecule has 0 radical (unpaired) electrons. The average molecular weight is 221 g/mol. The summed E-state index contributed by atoms with van der Waals surface area (Å²) in [7, 11) is 0. The Balaban J connectivity index is 2.11. The highest BCUT2D eigenvalue weighted by Gasteiger charge is 2.48. The molecular formula is C14H17Cl. The Hall–Kier alpha value is -0.750. The summed E-state index contributed by atoms with van der Waals surface area (Å²) in [5.41, 5.74) is 1.54. The first-order valence-corrected chi connectivity index (χ1v) is 5.99. The van der Waals surface area contributed by atoms with Gasteiger partial charge >= 0.3 is 0 Å². The summed E-state index contributed by atoms with van der Waals surface area (Å²) in [4.78, 5) is 0. The summed E-state index contributed by atoms with van der Waals surface area (Å²) in [6.45, 7) is 6.12. The van der Waals surface area contributed by atoms with Crippen LogP contribution < -0.4 is 0 Å². The predicted octanol–water partition coefficient (Wildman–Crippen LogP) is 4.22. The molecule has 1 aromatic rings. The van der Waals surface area contributed by atoms with Crippen molar-refractivity contribution in [2.24, 2.45) is 11.3 Å². The molecule has 0 aromatic heterocycles. The predicted molar refractivity (Wildman–Crippen MR) is 66.3 cm³/mol. The molecule has 0 saturated heterocycles. The summed E-state index contributed by atoms with van der Waals surface area (Å²) in [6, 6.07) is 10.7. The van der Waals surface area contributed by atoms with E-state index in [-0.39, 0.29) is 5.41 Å². The second-order valence-corrected chi connectivity index (χ2v) is 4.97. The highest BCUT2D eigenvalue weighted by Crippen LogP contribution is 2.57. The summed E-state index contributed by atoms with van der Waals surface area (Å²) in [5, 5.41) is 0. The van der Waals surface area contributed by atoms with E-state index in [0.717, 1.165) is 0 Å². The van der Waals surface area contributed by atoms with Crippen LogP contribution in [0.4, 0.5) is 0 Å². The maximum absolute atomic E-state index is 6.03. The van der Waals surface area contributed by atoms with Crippen LogP contribution in [0.2, 0.25) is 0 Å². The average Bonchev–Trinajstić information content (AvgIpc) is 3.10. The normalized spacial score (nSPS) is 28.1. The maximum Gasteiger partial charge on any atom is 0.0314 e. The van der Waals surface area contributed by atoms with E-state index in [9.17, 15) is 0 Å². The summed E-state index contributed by atoms with van der Waals surface area (Å²) < 4.78 is 0. The van der Waals surface area contributed by atoms with E-state index in [4.69, 9.17) is 11.6 Å². The molecule has 3 atom stereocenters. The van der Waals surface area contributed by atoms with Gasteiger partial charge in [0, 0.05) is 11.3 Å². The van der Waals surface area contributed by atoms with E-state index in [2.05, 4.69) is 43.8 Å². The first kappa shape index (κ1) is 10.8. The minimum Gasteiger partial charge on any atom is -0.126 e. The van der Waals surface area contributed by atoms with Gasteiger partial charge in [-0.05, 0) is 23.8 Å². The van der Waals surface area contributed by atoms with Gasteiger partial charge in [0.1, 0.15) is 0 Å². The zero-order chi connectivity index (χ0) is 10.9. The van der Waals surface area contributed by atoms with Crippen molar-refractivity contribution in [1.29, 1.82) is 0 Å².